The van der Waals surface area contributed by atoms with Crippen molar-refractivity contribution in [3.8, 4) is 0 Å². The third kappa shape index (κ3) is 41.9. The molecule has 0 bridgehead atoms. The van der Waals surface area contributed by atoms with Gasteiger partial charge in [-0.3, -0.25) is 49.1 Å². The lowest BCUT2D eigenvalue weighted by Gasteiger charge is -2.32. The van der Waals surface area contributed by atoms with Gasteiger partial charge in [0.1, 0.15) is 18.4 Å². The summed E-state index contributed by atoms with van der Waals surface area (Å²) < 4.78 is 72.4. The van der Waals surface area contributed by atoms with Crippen LogP contribution in [0.5, 0.6) is 0 Å². The summed E-state index contributed by atoms with van der Waals surface area (Å²) in [5.41, 5.74) is 17.0. The molecule has 9 aromatic rings. The highest BCUT2D eigenvalue weighted by molar-refractivity contribution is 5.91. The molecule has 0 fully saturated rings. The minimum absolute atomic E-state index is 0.00682. The molecule has 0 radical (unpaired) electrons. The predicted molar refractivity (Wildman–Crippen MR) is 373 cm³/mol. The van der Waals surface area contributed by atoms with Crippen molar-refractivity contribution < 1.29 is 84.2 Å². The van der Waals surface area contributed by atoms with E-state index in [4.69, 9.17) is 51.0 Å². The highest BCUT2D eigenvalue weighted by Crippen LogP contribution is 2.29. The smallest absolute Gasteiger partial charge is 0.475 e. The molecule has 30 heteroatoms. The molecule has 6 N–H and O–H groups in total. The quantitative estimate of drug-likeness (QED) is 0.0226. The van der Waals surface area contributed by atoms with Crippen molar-refractivity contribution in [1.29, 1.82) is 0 Å². The molecule has 0 spiro atoms. The number of carboxylic acid groups (broad SMARTS) is 1. The van der Waals surface area contributed by atoms with Crippen LogP contribution in [0.25, 0.3) is 4.85 Å². The molecule has 3 aromatic carbocycles. The van der Waals surface area contributed by atoms with Crippen LogP contribution in [0.1, 0.15) is 83.6 Å². The minimum Gasteiger partial charge on any atom is -0.475 e. The number of amides is 3. The number of halogens is 6. The number of alkyl halides is 6. The normalized spacial score (nSPS) is 10.3. The van der Waals surface area contributed by atoms with E-state index in [9.17, 15) is 45.5 Å². The second kappa shape index (κ2) is 54.9. The zero-order valence-electron chi connectivity index (χ0n) is 57.9. The van der Waals surface area contributed by atoms with Gasteiger partial charge in [-0.15, -0.1) is 0 Å². The van der Waals surface area contributed by atoms with Gasteiger partial charge < -0.3 is 36.5 Å². The standard InChI is InChI=1S/C25H25F3N4O2.C23H26N4O.C8H8N2.C8H8O.C7H10N2.C2HF3O2.3CO2/c1-18-2-4-21(5-3-18)22(23(33)31-16-10-19-6-12-29-13-7-19)32(24(34)25(26,27)28)17-11-20-8-14-30-15-9-20;1-18-2-4-21(5-3-18)22(26-16-10-19-6-12-24-13-7-19)23(28)27-17-11-20-8-14-25-15-9-20;1-9-5-2-8-3-6-10-7-4-8;1-7-2-4-8(6-9)5-3-7;8-4-1-7-2-5-9-6-3-7;3-2(4,5)1(6)7;3*2-1-3/h2-9,12-15,22H,10-11,16-17H2,1H3,(H,31,33);2-9,12-15,22,26H,10-11,16-17H2,1H3,(H,27,28);3-4,6-7H,2,5H2;2-6H,1H3;2-3,5-6H,1,4,8H2;(H,6,7);;;. The number of aryl methyl sites for hydroxylation is 3. The van der Waals surface area contributed by atoms with Crippen molar-refractivity contribution in [2.24, 2.45) is 5.73 Å². The summed E-state index contributed by atoms with van der Waals surface area (Å²) in [4.78, 5) is 134. The number of aliphatic carboxylic acids is 1. The summed E-state index contributed by atoms with van der Waals surface area (Å²) in [6, 6.07) is 43.0. The van der Waals surface area contributed by atoms with Crippen LogP contribution in [-0.4, -0.2) is 140 Å². The van der Waals surface area contributed by atoms with E-state index in [0.29, 0.717) is 48.6 Å². The number of carbonyl (C=O) groups is 5. The fourth-order valence-corrected chi connectivity index (χ4v) is 8.62. The van der Waals surface area contributed by atoms with Gasteiger partial charge in [0.25, 0.3) is 0 Å². The molecule has 2 unspecified atom stereocenters. The van der Waals surface area contributed by atoms with Crippen molar-refractivity contribution in [2.75, 3.05) is 39.3 Å². The van der Waals surface area contributed by atoms with Gasteiger partial charge in [0.05, 0.1) is 0 Å². The fraction of sp³-hybridized carbons (Fsp3) is 0.250. The number of pyridine rings is 6. The monoisotopic (exact) mass is 1460 g/mol. The van der Waals surface area contributed by atoms with E-state index in [1.165, 1.54) is 40.2 Å². The van der Waals surface area contributed by atoms with E-state index in [1.807, 2.05) is 118 Å². The van der Waals surface area contributed by atoms with E-state index < -0.39 is 36.2 Å². The topological polar surface area (TPSA) is 355 Å². The molecule has 0 saturated carbocycles. The van der Waals surface area contributed by atoms with Crippen LogP contribution in [0, 0.1) is 27.3 Å². The second-order valence-electron chi connectivity index (χ2n) is 21.6. The van der Waals surface area contributed by atoms with Gasteiger partial charge in [-0.2, -0.15) is 55.1 Å². The molecule has 6 heterocycles. The van der Waals surface area contributed by atoms with E-state index in [0.717, 1.165) is 59.8 Å². The van der Waals surface area contributed by atoms with E-state index in [-0.39, 0.29) is 49.9 Å². The molecule has 24 nitrogen and oxygen atoms in total. The zero-order chi connectivity index (χ0) is 78.8. The van der Waals surface area contributed by atoms with E-state index in [2.05, 4.69) is 50.7 Å². The van der Waals surface area contributed by atoms with Crippen LogP contribution >= 0.6 is 0 Å². The number of aldehydes is 1. The molecule has 6 aromatic heterocycles. The summed E-state index contributed by atoms with van der Waals surface area (Å²) in [5, 5.41) is 16.3. The van der Waals surface area contributed by atoms with Gasteiger partial charge >= 0.3 is 42.7 Å². The number of nitrogens with two attached hydrogens (primary N) is 1. The molecule has 9 rings (SSSR count). The maximum Gasteiger partial charge on any atom is 0.490 e. The molecule has 0 aliphatic carbocycles. The van der Waals surface area contributed by atoms with Gasteiger partial charge in [-0.05, 0) is 177 Å². The summed E-state index contributed by atoms with van der Waals surface area (Å²) in [7, 11) is 0. The average molecular weight is 1470 g/mol. The van der Waals surface area contributed by atoms with Crippen molar-refractivity contribution in [2.45, 2.75) is 83.7 Å². The molecule has 0 saturated heterocycles. The van der Waals surface area contributed by atoms with E-state index >= 15 is 0 Å². The summed E-state index contributed by atoms with van der Waals surface area (Å²) in [5.74, 6) is -5.50. The lowest BCUT2D eigenvalue weighted by molar-refractivity contribution is -0.193. The van der Waals surface area contributed by atoms with Gasteiger partial charge in [0.2, 0.25) is 18.4 Å². The van der Waals surface area contributed by atoms with Gasteiger partial charge in [0, 0.05) is 113 Å². The Morgan fingerprint density at radius 1 is 0.472 bits per heavy atom. The SMILES string of the molecule is Cc1ccc(C(C(=O)NCCc2ccncc2)N(CCc2ccncc2)C(=O)C(F)(F)F)cc1.Cc1ccc(C(NCCc2ccncc2)C(=O)NCCc2ccncc2)cc1.Cc1ccc(C=O)cc1.NCCc1ccncc1.O=C(O)C(F)(F)F.O=C=O.O=C=O.O=C=O.[C-]#[N+]CCc1ccncc1. The van der Waals surface area contributed by atoms with Crippen molar-refractivity contribution >= 4 is 48.4 Å². The van der Waals surface area contributed by atoms with Crippen LogP contribution in [0.4, 0.5) is 26.3 Å². The van der Waals surface area contributed by atoms with Crippen LogP contribution in [0.15, 0.2) is 220 Å². The number of nitrogens with zero attached hydrogens (tertiary/aromatic N) is 8. The summed E-state index contributed by atoms with van der Waals surface area (Å²) >= 11 is 0. The molecule has 0 aliphatic rings. The first-order valence-electron chi connectivity index (χ1n) is 31.8. The van der Waals surface area contributed by atoms with Crippen molar-refractivity contribution in [1.82, 2.24) is 50.8 Å². The largest absolute Gasteiger partial charge is 0.490 e. The van der Waals surface area contributed by atoms with Gasteiger partial charge in [-0.25, -0.2) is 11.4 Å². The first-order chi connectivity index (χ1) is 50.8. The number of carboxylic acids is 1. The number of benzene rings is 3. The zero-order valence-corrected chi connectivity index (χ0v) is 57.9. The predicted octanol–water partition coefficient (Wildman–Crippen LogP) is 9.65. The first kappa shape index (κ1) is 91.3. The lowest BCUT2D eigenvalue weighted by atomic mass is 10.0. The average Bonchev–Trinajstić information content (AvgIpc) is 0.802. The summed E-state index contributed by atoms with van der Waals surface area (Å²) in [6.07, 6.45) is 15.9. The Hall–Kier alpha value is -12.8. The molecule has 106 heavy (non-hydrogen) atoms. The van der Waals surface area contributed by atoms with Gasteiger partial charge in [-0.1, -0.05) is 89.5 Å². The minimum atomic E-state index is -5.13. The number of hydrogen-bond acceptors (Lipinski definition) is 19. The Labute approximate surface area is 607 Å². The third-order valence-electron chi connectivity index (χ3n) is 13.9. The fourth-order valence-electron chi connectivity index (χ4n) is 8.62. The molecule has 3 amide bonds. The molecule has 2 atom stereocenters. The van der Waals surface area contributed by atoms with Crippen LogP contribution in [0.3, 0.4) is 0 Å². The molecule has 0 aliphatic heterocycles. The third-order valence-corrected chi connectivity index (χ3v) is 13.9. The Kier molecular flexibility index (Phi) is 47.3. The Bertz CT molecular complexity index is 4020. The van der Waals surface area contributed by atoms with Crippen molar-refractivity contribution in [3.05, 3.63) is 298 Å². The van der Waals surface area contributed by atoms with Crippen LogP contribution in [0.2, 0.25) is 0 Å². The maximum absolute atomic E-state index is 13.6. The lowest BCUT2D eigenvalue weighted by Crippen LogP contribution is -2.49. The number of carbonyl (C=O) groups excluding carboxylic acids is 10. The molecular formula is C76H78F6N12O12. The number of rotatable bonds is 23. The highest BCUT2D eigenvalue weighted by atomic mass is 19.4. The molecular weight excluding hydrogens is 1390 g/mol. The Morgan fingerprint density at radius 2 is 0.774 bits per heavy atom. The Balaban J connectivity index is 0.000000685. The first-order valence-corrected chi connectivity index (χ1v) is 31.8. The maximum atomic E-state index is 13.6. The van der Waals surface area contributed by atoms with Crippen molar-refractivity contribution in [3.63, 3.8) is 0 Å². The summed E-state index contributed by atoms with van der Waals surface area (Å²) in [6.45, 7) is 14.9. The number of hydrogen-bond donors (Lipinski definition) is 5. The second-order valence-corrected chi connectivity index (χ2v) is 21.6. The highest BCUT2D eigenvalue weighted by Gasteiger charge is 2.46. The number of nitrogens with one attached hydrogen (secondary N) is 3. The molecule has 556 valence electrons. The Morgan fingerprint density at radius 3 is 1.09 bits per heavy atom. The van der Waals surface area contributed by atoms with Crippen LogP contribution in [-0.2, 0) is 86.5 Å². The van der Waals surface area contributed by atoms with Crippen LogP contribution < -0.4 is 21.7 Å². The number of aromatic nitrogens is 6. The van der Waals surface area contributed by atoms with Gasteiger partial charge in [0.15, 0.2) is 0 Å². The van der Waals surface area contributed by atoms with E-state index in [1.54, 1.807) is 110 Å².